The first-order valence-electron chi connectivity index (χ1n) is 7.20. The van der Waals surface area contributed by atoms with E-state index in [0.29, 0.717) is 22.2 Å². The standard InChI is InChI=1S/C12H13Cl3N6O3S2/c1-20-11(17-18-19-20)26-3-5-2-25-9-6(16)8(22)21(9)7(5)10(23)24-4-12(13,14)15/h6,9H,2-4,16H2,1H3/t6?,9-/m0/s1. The number of β-lactam (4-membered cyclic amide) rings is 1. The first-order valence-corrected chi connectivity index (χ1v) is 10.4. The van der Waals surface area contributed by atoms with E-state index in [9.17, 15) is 9.59 Å². The Balaban J connectivity index is 1.82. The maximum atomic E-state index is 12.6. The number of aromatic nitrogens is 4. The zero-order valence-electron chi connectivity index (χ0n) is 13.3. The van der Waals surface area contributed by atoms with Gasteiger partial charge in [0.05, 0.1) is 0 Å². The number of esters is 1. The van der Waals surface area contributed by atoms with Crippen molar-refractivity contribution in [3.63, 3.8) is 0 Å². The normalized spacial score (nSPS) is 23.0. The fourth-order valence-electron chi connectivity index (χ4n) is 2.39. The van der Waals surface area contributed by atoms with Gasteiger partial charge in [-0.3, -0.25) is 9.69 Å². The molecule has 0 bridgehead atoms. The monoisotopic (exact) mass is 458 g/mol. The molecule has 2 atom stereocenters. The fourth-order valence-corrected chi connectivity index (χ4v) is 4.84. The van der Waals surface area contributed by atoms with Crippen LogP contribution in [0, 0.1) is 0 Å². The lowest BCUT2D eigenvalue weighted by atomic mass is 10.0. The molecule has 1 aromatic rings. The first kappa shape index (κ1) is 20.0. The summed E-state index contributed by atoms with van der Waals surface area (Å²) in [4.78, 5) is 26.1. The Morgan fingerprint density at radius 2 is 2.23 bits per heavy atom. The van der Waals surface area contributed by atoms with Crippen LogP contribution >= 0.6 is 58.3 Å². The van der Waals surface area contributed by atoms with E-state index in [-0.39, 0.29) is 17.0 Å². The molecule has 2 N–H and O–H groups in total. The van der Waals surface area contributed by atoms with Crippen molar-refractivity contribution in [2.45, 2.75) is 20.4 Å². The van der Waals surface area contributed by atoms with Crippen molar-refractivity contribution in [2.75, 3.05) is 18.1 Å². The molecule has 0 radical (unpaired) electrons. The third-order valence-corrected chi connectivity index (χ3v) is 6.39. The van der Waals surface area contributed by atoms with Crippen LogP contribution in [0.15, 0.2) is 16.4 Å². The zero-order valence-corrected chi connectivity index (χ0v) is 17.2. The number of carbonyl (C=O) groups excluding carboxylic acids is 2. The van der Waals surface area contributed by atoms with Crippen LogP contribution < -0.4 is 5.73 Å². The molecule has 0 aliphatic carbocycles. The largest absolute Gasteiger partial charge is 0.456 e. The average Bonchev–Trinajstić information content (AvgIpc) is 3.00. The number of thioether (sulfide) groups is 2. The Morgan fingerprint density at radius 3 is 2.85 bits per heavy atom. The van der Waals surface area contributed by atoms with Gasteiger partial charge >= 0.3 is 5.97 Å². The minimum Gasteiger partial charge on any atom is -0.456 e. The van der Waals surface area contributed by atoms with Gasteiger partial charge in [-0.1, -0.05) is 46.6 Å². The van der Waals surface area contributed by atoms with Crippen LogP contribution in [0.4, 0.5) is 0 Å². The van der Waals surface area contributed by atoms with Gasteiger partial charge in [-0.05, 0) is 16.0 Å². The summed E-state index contributed by atoms with van der Waals surface area (Å²) >= 11 is 19.7. The number of amides is 1. The van der Waals surface area contributed by atoms with Crippen molar-refractivity contribution in [1.29, 1.82) is 0 Å². The maximum Gasteiger partial charge on any atom is 0.355 e. The Morgan fingerprint density at radius 1 is 1.50 bits per heavy atom. The number of nitrogens with zero attached hydrogens (tertiary/aromatic N) is 5. The van der Waals surface area contributed by atoms with Crippen LogP contribution in [0.2, 0.25) is 0 Å². The van der Waals surface area contributed by atoms with Gasteiger partial charge < -0.3 is 10.5 Å². The molecule has 3 rings (SSSR count). The highest BCUT2D eigenvalue weighted by Gasteiger charge is 2.52. The van der Waals surface area contributed by atoms with E-state index < -0.39 is 22.4 Å². The van der Waals surface area contributed by atoms with Crippen molar-refractivity contribution in [3.05, 3.63) is 11.3 Å². The third-order valence-electron chi connectivity index (χ3n) is 3.61. The predicted octanol–water partition coefficient (Wildman–Crippen LogP) is 0.712. The van der Waals surface area contributed by atoms with Gasteiger partial charge in [-0.2, -0.15) is 0 Å². The molecule has 14 heteroatoms. The van der Waals surface area contributed by atoms with Crippen LogP contribution in [-0.4, -0.2) is 70.3 Å². The maximum absolute atomic E-state index is 12.6. The van der Waals surface area contributed by atoms with E-state index in [4.69, 9.17) is 45.3 Å². The van der Waals surface area contributed by atoms with E-state index in [0.717, 1.165) is 0 Å². The molecule has 26 heavy (non-hydrogen) atoms. The lowest BCUT2D eigenvalue weighted by Gasteiger charge is -2.48. The van der Waals surface area contributed by atoms with Gasteiger partial charge in [-0.25, -0.2) is 9.48 Å². The van der Waals surface area contributed by atoms with Crippen molar-refractivity contribution in [3.8, 4) is 0 Å². The summed E-state index contributed by atoms with van der Waals surface area (Å²) in [6.07, 6.45) is 0. The van der Waals surface area contributed by atoms with Crippen LogP contribution in [0.1, 0.15) is 0 Å². The van der Waals surface area contributed by atoms with Crippen molar-refractivity contribution < 1.29 is 14.3 Å². The molecule has 0 aromatic carbocycles. The smallest absolute Gasteiger partial charge is 0.355 e. The molecule has 9 nitrogen and oxygen atoms in total. The molecule has 1 amide bonds. The molecule has 1 unspecified atom stereocenters. The second-order valence-corrected chi connectivity index (χ2v) is 10.0. The number of fused-ring (bicyclic) bond motifs is 1. The molecular weight excluding hydrogens is 447 g/mol. The minimum atomic E-state index is -1.74. The third kappa shape index (κ3) is 4.07. The van der Waals surface area contributed by atoms with Crippen molar-refractivity contribution in [2.24, 2.45) is 12.8 Å². The number of ether oxygens (including phenoxy) is 1. The molecular formula is C12H13Cl3N6O3S2. The van der Waals surface area contributed by atoms with Gasteiger partial charge in [0.15, 0.2) is 0 Å². The van der Waals surface area contributed by atoms with Gasteiger partial charge in [0, 0.05) is 18.6 Å². The van der Waals surface area contributed by atoms with E-state index in [1.54, 1.807) is 7.05 Å². The number of hydrogen-bond donors (Lipinski definition) is 1. The molecule has 0 saturated carbocycles. The first-order chi connectivity index (χ1) is 12.2. The summed E-state index contributed by atoms with van der Waals surface area (Å²) in [6.45, 7) is -0.431. The minimum absolute atomic E-state index is 0.150. The highest BCUT2D eigenvalue weighted by molar-refractivity contribution is 8.01. The average molecular weight is 460 g/mol. The molecule has 0 spiro atoms. The van der Waals surface area contributed by atoms with Gasteiger partial charge in [-0.15, -0.1) is 16.9 Å². The number of hydrogen-bond acceptors (Lipinski definition) is 9. The number of rotatable bonds is 5. The summed E-state index contributed by atoms with van der Waals surface area (Å²) in [5.74, 6) is -0.163. The Kier molecular flexibility index (Phi) is 5.95. The lowest BCUT2D eigenvalue weighted by Crippen LogP contribution is -2.68. The molecule has 1 fully saturated rings. The molecule has 1 aromatic heterocycles. The number of halogens is 3. The fraction of sp³-hybridized carbons (Fsp3) is 0.583. The zero-order chi connectivity index (χ0) is 19.1. The van der Waals surface area contributed by atoms with Crippen molar-refractivity contribution >= 4 is 70.2 Å². The highest BCUT2D eigenvalue weighted by Crippen LogP contribution is 2.41. The molecule has 2 aliphatic heterocycles. The quantitative estimate of drug-likeness (QED) is 0.294. The molecule has 2 aliphatic rings. The van der Waals surface area contributed by atoms with E-state index in [1.807, 2.05) is 0 Å². The van der Waals surface area contributed by atoms with Crippen LogP contribution in [-0.2, 0) is 21.4 Å². The van der Waals surface area contributed by atoms with Gasteiger partial charge in [0.1, 0.15) is 23.7 Å². The van der Waals surface area contributed by atoms with Gasteiger partial charge in [0.25, 0.3) is 0 Å². The Bertz CT molecular complexity index is 768. The van der Waals surface area contributed by atoms with E-state index >= 15 is 0 Å². The summed E-state index contributed by atoms with van der Waals surface area (Å²) in [7, 11) is 1.70. The summed E-state index contributed by atoms with van der Waals surface area (Å²) in [6, 6.07) is -0.645. The second-order valence-electron chi connectivity index (χ2n) is 5.45. The SMILES string of the molecule is Cn1nnnc1SCC1=C(C(=O)OCC(Cl)(Cl)Cl)N2C(=O)C(N)[C@@H]2SC1. The predicted molar refractivity (Wildman–Crippen MR) is 98.9 cm³/mol. The number of nitrogens with two attached hydrogens (primary N) is 1. The molecule has 3 heterocycles. The summed E-state index contributed by atoms with van der Waals surface area (Å²) in [5.41, 5.74) is 6.67. The van der Waals surface area contributed by atoms with E-state index in [2.05, 4.69) is 15.5 Å². The van der Waals surface area contributed by atoms with Crippen molar-refractivity contribution in [1.82, 2.24) is 25.1 Å². The van der Waals surface area contributed by atoms with E-state index in [1.165, 1.54) is 33.1 Å². The van der Waals surface area contributed by atoms with Crippen LogP contribution in [0.3, 0.4) is 0 Å². The number of alkyl halides is 3. The highest BCUT2D eigenvalue weighted by atomic mass is 35.6. The molecule has 1 saturated heterocycles. The van der Waals surface area contributed by atoms with Crippen LogP contribution in [0.25, 0.3) is 0 Å². The summed E-state index contributed by atoms with van der Waals surface area (Å²) in [5, 5.41) is 11.5. The van der Waals surface area contributed by atoms with Crippen LogP contribution in [0.5, 0.6) is 0 Å². The number of carbonyl (C=O) groups is 2. The topological polar surface area (TPSA) is 116 Å². The summed E-state index contributed by atoms with van der Waals surface area (Å²) < 4.78 is 4.85. The second kappa shape index (κ2) is 7.72. The van der Waals surface area contributed by atoms with Gasteiger partial charge in [0.2, 0.25) is 14.9 Å². The lowest BCUT2D eigenvalue weighted by molar-refractivity contribution is -0.150. The molecule has 142 valence electrons. The number of aryl methyl sites for hydroxylation is 1. The Hall–Kier alpha value is -0.720. The number of tetrazole rings is 1. The Labute approximate surface area is 171 Å².